The van der Waals surface area contributed by atoms with E-state index in [9.17, 15) is 13.6 Å². The Morgan fingerprint density at radius 2 is 1.89 bits per heavy atom. The van der Waals surface area contributed by atoms with Gasteiger partial charge in [-0.3, -0.25) is 4.79 Å². The molecule has 0 N–H and O–H groups in total. The highest BCUT2D eigenvalue weighted by Crippen LogP contribution is 2.25. The standard InChI is InChI=1S/C14H9BrF2O2/c1-19-12-6-5-8(7-11(12)17)14(18)9-3-2-4-10(16)13(9)15/h2-7H,1H3. The summed E-state index contributed by atoms with van der Waals surface area (Å²) >= 11 is 3.01. The smallest absolute Gasteiger partial charge is 0.194 e. The lowest BCUT2D eigenvalue weighted by molar-refractivity contribution is 0.103. The summed E-state index contributed by atoms with van der Waals surface area (Å²) in [5.41, 5.74) is 0.272. The van der Waals surface area contributed by atoms with E-state index < -0.39 is 17.4 Å². The third-order valence-corrected chi connectivity index (χ3v) is 3.42. The lowest BCUT2D eigenvalue weighted by Gasteiger charge is -2.06. The summed E-state index contributed by atoms with van der Waals surface area (Å²) in [6.07, 6.45) is 0. The molecule has 98 valence electrons. The molecule has 2 aromatic rings. The first-order valence-electron chi connectivity index (χ1n) is 5.37. The summed E-state index contributed by atoms with van der Waals surface area (Å²) in [5.74, 6) is -1.59. The number of carbonyl (C=O) groups excluding carboxylic acids is 1. The second-order valence-electron chi connectivity index (χ2n) is 3.78. The normalized spacial score (nSPS) is 10.3. The van der Waals surface area contributed by atoms with Gasteiger partial charge in [0.05, 0.1) is 11.6 Å². The zero-order valence-corrected chi connectivity index (χ0v) is 11.5. The summed E-state index contributed by atoms with van der Waals surface area (Å²) in [5, 5.41) is 0. The minimum atomic E-state index is -0.638. The predicted molar refractivity (Wildman–Crippen MR) is 70.5 cm³/mol. The quantitative estimate of drug-likeness (QED) is 0.798. The fraction of sp³-hybridized carbons (Fsp3) is 0.0714. The van der Waals surface area contributed by atoms with Crippen molar-refractivity contribution in [3.63, 3.8) is 0 Å². The molecule has 0 aliphatic rings. The first kappa shape index (κ1) is 13.7. The maximum Gasteiger partial charge on any atom is 0.194 e. The molecule has 5 heteroatoms. The Bertz CT molecular complexity index is 641. The van der Waals surface area contributed by atoms with Crippen molar-refractivity contribution in [2.45, 2.75) is 0 Å². The van der Waals surface area contributed by atoms with E-state index in [0.717, 1.165) is 6.07 Å². The van der Waals surface area contributed by atoms with Crippen molar-refractivity contribution in [3.05, 3.63) is 63.6 Å². The van der Waals surface area contributed by atoms with Crippen LogP contribution < -0.4 is 4.74 Å². The number of hydrogen-bond donors (Lipinski definition) is 0. The second kappa shape index (κ2) is 5.48. The molecule has 0 aliphatic carbocycles. The van der Waals surface area contributed by atoms with E-state index in [-0.39, 0.29) is 21.3 Å². The van der Waals surface area contributed by atoms with Crippen LogP contribution in [0.3, 0.4) is 0 Å². The van der Waals surface area contributed by atoms with Crippen LogP contribution in [0.4, 0.5) is 8.78 Å². The molecule has 0 amide bonds. The Kier molecular flexibility index (Phi) is 3.95. The zero-order valence-electron chi connectivity index (χ0n) is 9.91. The number of halogens is 3. The van der Waals surface area contributed by atoms with E-state index in [1.165, 1.54) is 37.4 Å². The maximum absolute atomic E-state index is 13.5. The van der Waals surface area contributed by atoms with Gasteiger partial charge < -0.3 is 4.74 Å². The molecular weight excluding hydrogens is 318 g/mol. The Hall–Kier alpha value is -1.75. The SMILES string of the molecule is COc1ccc(C(=O)c2cccc(F)c2Br)cc1F. The van der Waals surface area contributed by atoms with E-state index >= 15 is 0 Å². The molecule has 0 saturated heterocycles. The van der Waals surface area contributed by atoms with Crippen molar-refractivity contribution in [1.29, 1.82) is 0 Å². The van der Waals surface area contributed by atoms with Crippen molar-refractivity contribution in [3.8, 4) is 5.75 Å². The number of methoxy groups -OCH3 is 1. The summed E-state index contributed by atoms with van der Waals surface area (Å²) in [6, 6.07) is 7.98. The van der Waals surface area contributed by atoms with Gasteiger partial charge in [0.1, 0.15) is 5.82 Å². The lowest BCUT2D eigenvalue weighted by Crippen LogP contribution is -2.04. The fourth-order valence-corrected chi connectivity index (χ4v) is 2.09. The van der Waals surface area contributed by atoms with E-state index in [1.54, 1.807) is 0 Å². The molecule has 0 radical (unpaired) electrons. The molecule has 0 bridgehead atoms. The van der Waals surface area contributed by atoms with Gasteiger partial charge in [-0.05, 0) is 46.3 Å². The van der Waals surface area contributed by atoms with Crippen LogP contribution in [0, 0.1) is 11.6 Å². The minimum absolute atomic E-state index is 0.0508. The molecule has 2 aromatic carbocycles. The van der Waals surface area contributed by atoms with Gasteiger partial charge in [-0.2, -0.15) is 0 Å². The Balaban J connectivity index is 2.44. The molecule has 2 nitrogen and oxygen atoms in total. The molecule has 0 unspecified atom stereocenters. The van der Waals surface area contributed by atoms with Gasteiger partial charge in [-0.25, -0.2) is 8.78 Å². The number of carbonyl (C=O) groups is 1. The van der Waals surface area contributed by atoms with Gasteiger partial charge in [0.25, 0.3) is 0 Å². The highest BCUT2D eigenvalue weighted by Gasteiger charge is 2.16. The highest BCUT2D eigenvalue weighted by atomic mass is 79.9. The zero-order chi connectivity index (χ0) is 14.0. The number of benzene rings is 2. The molecule has 0 aliphatic heterocycles. The van der Waals surface area contributed by atoms with E-state index in [4.69, 9.17) is 4.74 Å². The van der Waals surface area contributed by atoms with E-state index in [2.05, 4.69) is 15.9 Å². The third kappa shape index (κ3) is 2.66. The molecule has 0 spiro atoms. The molecule has 0 atom stereocenters. The van der Waals surface area contributed by atoms with Crippen LogP contribution in [-0.2, 0) is 0 Å². The van der Waals surface area contributed by atoms with E-state index in [0.29, 0.717) is 0 Å². The monoisotopic (exact) mass is 326 g/mol. The maximum atomic E-state index is 13.5. The highest BCUT2D eigenvalue weighted by molar-refractivity contribution is 9.10. The van der Waals surface area contributed by atoms with Crippen LogP contribution in [0.5, 0.6) is 5.75 Å². The molecule has 0 saturated carbocycles. The van der Waals surface area contributed by atoms with Crippen molar-refractivity contribution < 1.29 is 18.3 Å². The Morgan fingerprint density at radius 1 is 1.16 bits per heavy atom. The van der Waals surface area contributed by atoms with Gasteiger partial charge in [-0.1, -0.05) is 6.07 Å². The molecule has 0 fully saturated rings. The lowest BCUT2D eigenvalue weighted by atomic mass is 10.0. The predicted octanol–water partition coefficient (Wildman–Crippen LogP) is 3.97. The number of hydrogen-bond acceptors (Lipinski definition) is 2. The van der Waals surface area contributed by atoms with Gasteiger partial charge in [-0.15, -0.1) is 0 Å². The van der Waals surface area contributed by atoms with Crippen LogP contribution in [0.2, 0.25) is 0 Å². The van der Waals surface area contributed by atoms with Crippen LogP contribution in [0.15, 0.2) is 40.9 Å². The van der Waals surface area contributed by atoms with Crippen molar-refractivity contribution >= 4 is 21.7 Å². The summed E-state index contributed by atoms with van der Waals surface area (Å²) in [6.45, 7) is 0. The Labute approximate surface area is 117 Å². The molecule has 2 rings (SSSR count). The van der Waals surface area contributed by atoms with Gasteiger partial charge in [0.15, 0.2) is 17.3 Å². The first-order valence-corrected chi connectivity index (χ1v) is 6.16. The summed E-state index contributed by atoms with van der Waals surface area (Å²) in [4.78, 5) is 12.2. The molecule has 19 heavy (non-hydrogen) atoms. The average Bonchev–Trinajstić information content (AvgIpc) is 2.41. The Morgan fingerprint density at radius 3 is 2.53 bits per heavy atom. The topological polar surface area (TPSA) is 26.3 Å². The van der Waals surface area contributed by atoms with Gasteiger partial charge in [0.2, 0.25) is 0 Å². The first-order chi connectivity index (χ1) is 9.04. The second-order valence-corrected chi connectivity index (χ2v) is 4.57. The van der Waals surface area contributed by atoms with E-state index in [1.807, 2.05) is 0 Å². The molecule has 0 heterocycles. The minimum Gasteiger partial charge on any atom is -0.494 e. The van der Waals surface area contributed by atoms with Crippen molar-refractivity contribution in [1.82, 2.24) is 0 Å². The fourth-order valence-electron chi connectivity index (χ4n) is 1.64. The molecule has 0 aromatic heterocycles. The number of rotatable bonds is 3. The summed E-state index contributed by atoms with van der Waals surface area (Å²) < 4.78 is 31.7. The van der Waals surface area contributed by atoms with Crippen LogP contribution in [0.25, 0.3) is 0 Å². The summed E-state index contributed by atoms with van der Waals surface area (Å²) in [7, 11) is 1.34. The molecular formula is C14H9BrF2O2. The van der Waals surface area contributed by atoms with Gasteiger partial charge >= 0.3 is 0 Å². The van der Waals surface area contributed by atoms with Crippen molar-refractivity contribution in [2.24, 2.45) is 0 Å². The number of ether oxygens (including phenoxy) is 1. The van der Waals surface area contributed by atoms with Gasteiger partial charge in [0, 0.05) is 11.1 Å². The third-order valence-electron chi connectivity index (χ3n) is 2.61. The van der Waals surface area contributed by atoms with Crippen LogP contribution >= 0.6 is 15.9 Å². The van der Waals surface area contributed by atoms with Crippen LogP contribution in [-0.4, -0.2) is 12.9 Å². The number of ketones is 1. The average molecular weight is 327 g/mol. The van der Waals surface area contributed by atoms with Crippen molar-refractivity contribution in [2.75, 3.05) is 7.11 Å². The van der Waals surface area contributed by atoms with Crippen LogP contribution in [0.1, 0.15) is 15.9 Å². The largest absolute Gasteiger partial charge is 0.494 e.